The van der Waals surface area contributed by atoms with Gasteiger partial charge in [0.2, 0.25) is 10.0 Å². The van der Waals surface area contributed by atoms with Crippen LogP contribution in [0.3, 0.4) is 0 Å². The lowest BCUT2D eigenvalue weighted by atomic mass is 10.2. The number of para-hydroxylation sites is 1. The summed E-state index contributed by atoms with van der Waals surface area (Å²) in [6, 6.07) is 6.65. The van der Waals surface area contributed by atoms with Crippen molar-refractivity contribution in [1.82, 2.24) is 5.32 Å². The third kappa shape index (κ3) is 4.33. The lowest BCUT2D eigenvalue weighted by molar-refractivity contribution is 0.568. The fourth-order valence-electron chi connectivity index (χ4n) is 1.57. The van der Waals surface area contributed by atoms with E-state index >= 15 is 0 Å². The molecule has 1 atom stereocenters. The molecule has 0 aliphatic rings. The van der Waals surface area contributed by atoms with Gasteiger partial charge < -0.3 is 10.6 Å². The monoisotopic (exact) mass is 257 g/mol. The molecule has 17 heavy (non-hydrogen) atoms. The van der Waals surface area contributed by atoms with E-state index in [0.717, 1.165) is 6.54 Å². The summed E-state index contributed by atoms with van der Waals surface area (Å²) in [5.74, 6) is 0.397. The van der Waals surface area contributed by atoms with Gasteiger partial charge in [-0.2, -0.15) is 0 Å². The SMILES string of the molecule is CNCC(C)CNc1ccccc1S(N)(=O)=O. The van der Waals surface area contributed by atoms with E-state index in [1.54, 1.807) is 18.2 Å². The molecule has 0 radical (unpaired) electrons. The van der Waals surface area contributed by atoms with Gasteiger partial charge in [-0.25, -0.2) is 13.6 Å². The Hall–Kier alpha value is -1.11. The van der Waals surface area contributed by atoms with Crippen molar-refractivity contribution in [2.45, 2.75) is 11.8 Å². The van der Waals surface area contributed by atoms with Gasteiger partial charge in [0.15, 0.2) is 0 Å². The lowest BCUT2D eigenvalue weighted by Crippen LogP contribution is -2.24. The van der Waals surface area contributed by atoms with Gasteiger partial charge in [-0.05, 0) is 31.6 Å². The molecule has 0 aromatic heterocycles. The molecule has 1 aromatic carbocycles. The predicted molar refractivity (Wildman–Crippen MR) is 69.4 cm³/mol. The van der Waals surface area contributed by atoms with E-state index in [-0.39, 0.29) is 4.90 Å². The first-order valence-corrected chi connectivity index (χ1v) is 7.00. The highest BCUT2D eigenvalue weighted by atomic mass is 32.2. The summed E-state index contributed by atoms with van der Waals surface area (Å²) in [5, 5.41) is 11.3. The highest BCUT2D eigenvalue weighted by Crippen LogP contribution is 2.19. The zero-order valence-electron chi connectivity index (χ0n) is 10.1. The molecule has 5 nitrogen and oxygen atoms in total. The van der Waals surface area contributed by atoms with Gasteiger partial charge in [0.05, 0.1) is 5.69 Å². The smallest absolute Gasteiger partial charge is 0.240 e. The van der Waals surface area contributed by atoms with Crippen LogP contribution in [0.5, 0.6) is 0 Å². The van der Waals surface area contributed by atoms with Crippen LogP contribution in [0.2, 0.25) is 0 Å². The number of nitrogens with two attached hydrogens (primary N) is 1. The van der Waals surface area contributed by atoms with Crippen LogP contribution in [0.15, 0.2) is 29.2 Å². The van der Waals surface area contributed by atoms with E-state index in [1.165, 1.54) is 6.07 Å². The minimum absolute atomic E-state index is 0.136. The Labute approximate surface area is 102 Å². The van der Waals surface area contributed by atoms with Crippen LogP contribution in [0.25, 0.3) is 0 Å². The number of nitrogens with one attached hydrogen (secondary N) is 2. The minimum Gasteiger partial charge on any atom is -0.384 e. The summed E-state index contributed by atoms with van der Waals surface area (Å²) in [4.78, 5) is 0.136. The van der Waals surface area contributed by atoms with Crippen molar-refractivity contribution in [3.63, 3.8) is 0 Å². The summed E-state index contributed by atoms with van der Waals surface area (Å²) >= 11 is 0. The van der Waals surface area contributed by atoms with E-state index in [9.17, 15) is 8.42 Å². The highest BCUT2D eigenvalue weighted by Gasteiger charge is 2.13. The van der Waals surface area contributed by atoms with Crippen LogP contribution in [0.1, 0.15) is 6.92 Å². The third-order valence-electron chi connectivity index (χ3n) is 2.39. The summed E-state index contributed by atoms with van der Waals surface area (Å²) in [6.07, 6.45) is 0. The van der Waals surface area contributed by atoms with Gasteiger partial charge >= 0.3 is 0 Å². The van der Waals surface area contributed by atoms with Crippen molar-refractivity contribution in [3.8, 4) is 0 Å². The van der Waals surface area contributed by atoms with Crippen molar-refractivity contribution in [3.05, 3.63) is 24.3 Å². The number of rotatable bonds is 6. The Morgan fingerprint density at radius 3 is 2.53 bits per heavy atom. The number of benzene rings is 1. The molecule has 96 valence electrons. The normalized spacial score (nSPS) is 13.4. The molecule has 6 heteroatoms. The van der Waals surface area contributed by atoms with E-state index < -0.39 is 10.0 Å². The van der Waals surface area contributed by atoms with E-state index in [2.05, 4.69) is 17.6 Å². The number of anilines is 1. The summed E-state index contributed by atoms with van der Waals surface area (Å²) in [5.41, 5.74) is 0.554. The molecule has 0 spiro atoms. The number of primary sulfonamides is 1. The second-order valence-corrected chi connectivity index (χ2v) is 5.61. The Morgan fingerprint density at radius 1 is 1.29 bits per heavy atom. The molecule has 1 rings (SSSR count). The summed E-state index contributed by atoms with van der Waals surface area (Å²) in [6.45, 7) is 3.63. The van der Waals surface area contributed by atoms with Crippen LogP contribution < -0.4 is 15.8 Å². The van der Waals surface area contributed by atoms with Gasteiger partial charge in [-0.3, -0.25) is 0 Å². The first-order valence-electron chi connectivity index (χ1n) is 5.45. The van der Waals surface area contributed by atoms with Crippen molar-refractivity contribution in [2.24, 2.45) is 11.1 Å². The molecular weight excluding hydrogens is 238 g/mol. The number of sulfonamides is 1. The minimum atomic E-state index is -3.67. The third-order valence-corrected chi connectivity index (χ3v) is 3.36. The molecule has 0 amide bonds. The standard InChI is InChI=1S/C11H19N3O2S/c1-9(7-13-2)8-14-10-5-3-4-6-11(10)17(12,15)16/h3-6,9,13-14H,7-8H2,1-2H3,(H2,12,15,16). The van der Waals surface area contributed by atoms with Gasteiger partial charge in [0.1, 0.15) is 4.90 Å². The van der Waals surface area contributed by atoms with Gasteiger partial charge in [0, 0.05) is 6.54 Å². The first kappa shape index (κ1) is 14.0. The fraction of sp³-hybridized carbons (Fsp3) is 0.455. The van der Waals surface area contributed by atoms with Crippen LogP contribution >= 0.6 is 0 Å². The fourth-order valence-corrected chi connectivity index (χ4v) is 2.28. The Bertz CT molecular complexity index is 460. The van der Waals surface area contributed by atoms with Crippen LogP contribution in [-0.2, 0) is 10.0 Å². The first-order chi connectivity index (χ1) is 7.95. The largest absolute Gasteiger partial charge is 0.384 e. The zero-order valence-corrected chi connectivity index (χ0v) is 10.9. The molecule has 0 fully saturated rings. The molecular formula is C11H19N3O2S. The molecule has 0 aliphatic carbocycles. The van der Waals surface area contributed by atoms with E-state index in [4.69, 9.17) is 5.14 Å². The quantitative estimate of drug-likeness (QED) is 0.697. The topological polar surface area (TPSA) is 84.2 Å². The molecule has 0 saturated heterocycles. The lowest BCUT2D eigenvalue weighted by Gasteiger charge is -2.14. The maximum absolute atomic E-state index is 11.3. The highest BCUT2D eigenvalue weighted by molar-refractivity contribution is 7.89. The molecule has 1 aromatic rings. The van der Waals surface area contributed by atoms with Crippen molar-refractivity contribution < 1.29 is 8.42 Å². The maximum Gasteiger partial charge on any atom is 0.240 e. The molecule has 0 saturated carbocycles. The van der Waals surface area contributed by atoms with Crippen LogP contribution in [-0.4, -0.2) is 28.6 Å². The second kappa shape index (κ2) is 6.00. The molecule has 0 bridgehead atoms. The summed E-state index contributed by atoms with van der Waals surface area (Å²) < 4.78 is 22.7. The van der Waals surface area contributed by atoms with E-state index in [1.807, 2.05) is 7.05 Å². The van der Waals surface area contributed by atoms with E-state index in [0.29, 0.717) is 18.2 Å². The number of hydrogen-bond donors (Lipinski definition) is 3. The number of hydrogen-bond acceptors (Lipinski definition) is 4. The second-order valence-electron chi connectivity index (χ2n) is 4.08. The molecule has 0 heterocycles. The van der Waals surface area contributed by atoms with Gasteiger partial charge in [-0.15, -0.1) is 0 Å². The van der Waals surface area contributed by atoms with Crippen molar-refractivity contribution in [1.29, 1.82) is 0 Å². The maximum atomic E-state index is 11.3. The Kier molecular flexibility index (Phi) is 4.92. The zero-order chi connectivity index (χ0) is 12.9. The molecule has 1 unspecified atom stereocenters. The van der Waals surface area contributed by atoms with Crippen LogP contribution in [0.4, 0.5) is 5.69 Å². The molecule has 0 aliphatic heterocycles. The average molecular weight is 257 g/mol. The van der Waals surface area contributed by atoms with Crippen molar-refractivity contribution >= 4 is 15.7 Å². The Balaban J connectivity index is 2.78. The molecule has 4 N–H and O–H groups in total. The Morgan fingerprint density at radius 2 is 1.94 bits per heavy atom. The van der Waals surface area contributed by atoms with Crippen LogP contribution in [0, 0.1) is 5.92 Å². The predicted octanol–water partition coefficient (Wildman–Crippen LogP) is 0.601. The summed E-state index contributed by atoms with van der Waals surface area (Å²) in [7, 11) is -1.79. The van der Waals surface area contributed by atoms with Crippen molar-refractivity contribution in [2.75, 3.05) is 25.5 Å². The van der Waals surface area contributed by atoms with Gasteiger partial charge in [-0.1, -0.05) is 19.1 Å². The average Bonchev–Trinajstić information content (AvgIpc) is 2.26. The van der Waals surface area contributed by atoms with Gasteiger partial charge in [0.25, 0.3) is 0 Å².